The topological polar surface area (TPSA) is 86.7 Å². The van der Waals surface area contributed by atoms with E-state index >= 15 is 4.39 Å². The minimum atomic E-state index is -1.03. The van der Waals surface area contributed by atoms with E-state index in [0.717, 1.165) is 16.7 Å². The fourth-order valence-electron chi connectivity index (χ4n) is 5.30. The number of carbonyl (C=O) groups excluding carboxylic acids is 2. The van der Waals surface area contributed by atoms with Crippen LogP contribution in [0, 0.1) is 12.7 Å². The maximum absolute atomic E-state index is 16.1. The van der Waals surface area contributed by atoms with Gasteiger partial charge in [0.25, 0.3) is 5.91 Å². The number of hydrogen-bond donors (Lipinski definition) is 2. The van der Waals surface area contributed by atoms with Gasteiger partial charge in [0.15, 0.2) is 5.82 Å². The van der Waals surface area contributed by atoms with Crippen molar-refractivity contribution in [3.8, 4) is 11.1 Å². The largest absolute Gasteiger partial charge is 0.367 e. The van der Waals surface area contributed by atoms with Gasteiger partial charge in [-0.2, -0.15) is 0 Å². The van der Waals surface area contributed by atoms with Crippen LogP contribution < -0.4 is 10.6 Å². The van der Waals surface area contributed by atoms with Gasteiger partial charge in [0.05, 0.1) is 35.7 Å². The maximum atomic E-state index is 16.1. The molecule has 0 radical (unpaired) electrons. The quantitative estimate of drug-likeness (QED) is 0.520. The molecule has 3 aromatic rings. The monoisotopic (exact) mass is 489 g/mol. The van der Waals surface area contributed by atoms with Crippen molar-refractivity contribution in [2.45, 2.75) is 25.4 Å². The normalized spacial score (nSPS) is 20.1. The van der Waals surface area contributed by atoms with E-state index in [1.807, 2.05) is 19.1 Å². The third-order valence-corrected chi connectivity index (χ3v) is 7.43. The third-order valence-electron chi connectivity index (χ3n) is 7.13. The first-order chi connectivity index (χ1) is 16.8. The van der Waals surface area contributed by atoms with E-state index in [2.05, 4.69) is 27.2 Å². The van der Waals surface area contributed by atoms with Crippen molar-refractivity contribution in [2.24, 2.45) is 4.99 Å². The Kier molecular flexibility index (Phi) is 4.73. The summed E-state index contributed by atoms with van der Waals surface area (Å²) in [6, 6.07) is 5.63. The Morgan fingerprint density at radius 1 is 1.34 bits per heavy atom. The van der Waals surface area contributed by atoms with Crippen molar-refractivity contribution in [2.75, 3.05) is 23.7 Å². The number of rotatable bonds is 2. The van der Waals surface area contributed by atoms with Crippen LogP contribution in [0.1, 0.15) is 23.1 Å². The van der Waals surface area contributed by atoms with Gasteiger partial charge in [0, 0.05) is 29.3 Å². The summed E-state index contributed by atoms with van der Waals surface area (Å²) in [5.41, 5.74) is 3.85. The number of aryl methyl sites for hydroxylation is 1. The standard InChI is InChI=1S/C26H21ClFN5O2/c1-3-19(34)33-7-6-26(12-33)25(35)31-18-11-30-24-15(23(18)32-26)8-17(27)21(22(24)28)20-13(2)4-5-14-9-29-10-16(14)20/h3-5,8,10-11,32H,1,6-7,9,12H2,2H3,(H,31,35). The molecule has 2 N–H and O–H groups in total. The van der Waals surface area contributed by atoms with E-state index in [9.17, 15) is 9.59 Å². The summed E-state index contributed by atoms with van der Waals surface area (Å²) in [4.78, 5) is 35.4. The number of aliphatic imine (C=N–C) groups is 1. The average Bonchev–Trinajstić information content (AvgIpc) is 3.49. The number of nitrogens with one attached hydrogen (secondary N) is 2. The SMILES string of the molecule is C=CC(=O)N1CCC2(C1)Nc1c(cnc3c(F)c(-c4c(C)ccc5c4C=NC5)c(Cl)cc13)NC2=O. The van der Waals surface area contributed by atoms with Crippen LogP contribution >= 0.6 is 11.6 Å². The number of nitrogens with zero attached hydrogens (tertiary/aromatic N) is 3. The van der Waals surface area contributed by atoms with Crippen LogP contribution in [0.5, 0.6) is 0 Å². The van der Waals surface area contributed by atoms with Gasteiger partial charge in [-0.3, -0.25) is 19.6 Å². The molecule has 4 heterocycles. The molecule has 1 fully saturated rings. The first kappa shape index (κ1) is 21.7. The number of aromatic nitrogens is 1. The molecule has 1 spiro atoms. The predicted octanol–water partition coefficient (Wildman–Crippen LogP) is 4.46. The summed E-state index contributed by atoms with van der Waals surface area (Å²) in [5, 5.41) is 6.89. The van der Waals surface area contributed by atoms with Gasteiger partial charge >= 0.3 is 0 Å². The number of benzene rings is 2. The lowest BCUT2D eigenvalue weighted by molar-refractivity contribution is -0.125. The molecule has 35 heavy (non-hydrogen) atoms. The number of halogens is 2. The van der Waals surface area contributed by atoms with Crippen molar-refractivity contribution < 1.29 is 14.0 Å². The predicted molar refractivity (Wildman–Crippen MR) is 135 cm³/mol. The Labute approximate surface area is 205 Å². The second-order valence-corrected chi connectivity index (χ2v) is 9.57. The first-order valence-electron chi connectivity index (χ1n) is 11.3. The zero-order valence-corrected chi connectivity index (χ0v) is 19.7. The van der Waals surface area contributed by atoms with Gasteiger partial charge in [-0.05, 0) is 42.2 Å². The summed E-state index contributed by atoms with van der Waals surface area (Å²) in [6.07, 6.45) is 4.85. The number of amides is 2. The zero-order chi connectivity index (χ0) is 24.5. The number of pyridine rings is 1. The van der Waals surface area contributed by atoms with Crippen molar-refractivity contribution in [1.82, 2.24) is 9.88 Å². The lowest BCUT2D eigenvalue weighted by atomic mass is 9.90. The van der Waals surface area contributed by atoms with Crippen LogP contribution in [-0.4, -0.2) is 46.5 Å². The molecule has 6 rings (SSSR count). The summed E-state index contributed by atoms with van der Waals surface area (Å²) in [7, 11) is 0. The smallest absolute Gasteiger partial charge is 0.252 e. The number of hydrogen-bond acceptors (Lipinski definition) is 5. The van der Waals surface area contributed by atoms with Gasteiger partial charge in [-0.25, -0.2) is 4.39 Å². The molecule has 0 bridgehead atoms. The lowest BCUT2D eigenvalue weighted by Gasteiger charge is -2.36. The average molecular weight is 490 g/mol. The second-order valence-electron chi connectivity index (χ2n) is 9.17. The number of anilines is 2. The van der Waals surface area contributed by atoms with Crippen molar-refractivity contribution in [3.63, 3.8) is 0 Å². The van der Waals surface area contributed by atoms with E-state index in [1.54, 1.807) is 17.2 Å². The molecular weight excluding hydrogens is 469 g/mol. The molecule has 1 aromatic heterocycles. The van der Waals surface area contributed by atoms with Crippen molar-refractivity contribution >= 4 is 51.9 Å². The van der Waals surface area contributed by atoms with Crippen molar-refractivity contribution in [3.05, 3.63) is 64.6 Å². The van der Waals surface area contributed by atoms with E-state index in [4.69, 9.17) is 11.6 Å². The Hall–Kier alpha value is -3.78. The number of likely N-dealkylation sites (tertiary alicyclic amines) is 1. The molecule has 1 atom stereocenters. The number of fused-ring (bicyclic) bond motifs is 4. The lowest BCUT2D eigenvalue weighted by Crippen LogP contribution is -2.54. The fourth-order valence-corrected chi connectivity index (χ4v) is 5.59. The van der Waals surface area contributed by atoms with Gasteiger partial charge in [0.1, 0.15) is 11.1 Å². The molecule has 3 aliphatic rings. The van der Waals surface area contributed by atoms with Crippen LogP contribution in [0.15, 0.2) is 42.0 Å². The highest BCUT2D eigenvalue weighted by molar-refractivity contribution is 6.35. The van der Waals surface area contributed by atoms with E-state index < -0.39 is 11.4 Å². The third kappa shape index (κ3) is 3.09. The Morgan fingerprint density at radius 3 is 2.97 bits per heavy atom. The van der Waals surface area contributed by atoms with E-state index in [-0.39, 0.29) is 34.5 Å². The number of carbonyl (C=O) groups is 2. The Balaban J connectivity index is 1.51. The molecule has 2 aromatic carbocycles. The summed E-state index contributed by atoms with van der Waals surface area (Å²) in [6.45, 7) is 6.58. The van der Waals surface area contributed by atoms with Gasteiger partial charge < -0.3 is 15.5 Å². The highest BCUT2D eigenvalue weighted by Crippen LogP contribution is 2.45. The molecule has 2 amide bonds. The van der Waals surface area contributed by atoms with E-state index in [0.29, 0.717) is 41.8 Å². The first-order valence-corrected chi connectivity index (χ1v) is 11.6. The van der Waals surface area contributed by atoms with E-state index in [1.165, 1.54) is 12.3 Å². The molecule has 9 heteroatoms. The molecule has 0 saturated carbocycles. The molecular formula is C26H21ClFN5O2. The maximum Gasteiger partial charge on any atom is 0.252 e. The van der Waals surface area contributed by atoms with Gasteiger partial charge in [-0.15, -0.1) is 0 Å². The van der Waals surface area contributed by atoms with Gasteiger partial charge in [0.2, 0.25) is 5.91 Å². The molecule has 3 aliphatic heterocycles. The molecule has 7 nitrogen and oxygen atoms in total. The van der Waals surface area contributed by atoms with Crippen molar-refractivity contribution in [1.29, 1.82) is 0 Å². The summed E-state index contributed by atoms with van der Waals surface area (Å²) < 4.78 is 16.1. The second kappa shape index (κ2) is 7.61. The summed E-state index contributed by atoms with van der Waals surface area (Å²) >= 11 is 6.73. The van der Waals surface area contributed by atoms with Crippen LogP contribution in [-0.2, 0) is 16.1 Å². The fraction of sp³-hybridized carbons (Fsp3) is 0.231. The molecule has 176 valence electrons. The van der Waals surface area contributed by atoms with Gasteiger partial charge in [-0.1, -0.05) is 30.3 Å². The van der Waals surface area contributed by atoms with Crippen LogP contribution in [0.25, 0.3) is 22.0 Å². The minimum Gasteiger partial charge on any atom is -0.367 e. The van der Waals surface area contributed by atoms with Crippen LogP contribution in [0.3, 0.4) is 0 Å². The van der Waals surface area contributed by atoms with Crippen LogP contribution in [0.2, 0.25) is 5.02 Å². The summed E-state index contributed by atoms with van der Waals surface area (Å²) in [5.74, 6) is -1.03. The molecule has 1 saturated heterocycles. The van der Waals surface area contributed by atoms with Crippen LogP contribution in [0.4, 0.5) is 15.8 Å². The minimum absolute atomic E-state index is 0.144. The molecule has 0 aliphatic carbocycles. The Morgan fingerprint density at radius 2 is 2.17 bits per heavy atom. The zero-order valence-electron chi connectivity index (χ0n) is 18.9. The Bertz CT molecular complexity index is 1520. The highest BCUT2D eigenvalue weighted by Gasteiger charge is 2.48. The highest BCUT2D eigenvalue weighted by atomic mass is 35.5. The molecule has 1 unspecified atom stereocenters.